The van der Waals surface area contributed by atoms with E-state index >= 15 is 0 Å². The first kappa shape index (κ1) is 21.5. The van der Waals surface area contributed by atoms with E-state index in [2.05, 4.69) is 25.1 Å². The average molecular weight is 403 g/mol. The Labute approximate surface area is 173 Å². The Morgan fingerprint density at radius 1 is 1.10 bits per heavy atom. The third-order valence-corrected chi connectivity index (χ3v) is 5.58. The molecule has 0 spiro atoms. The predicted molar refractivity (Wildman–Crippen MR) is 114 cm³/mol. The standard InChI is InChI=1S/C21H34N6O2/c1-2-23-21(24-16-19(28)18-6-8-22-9-7-18)27-14-12-25(13-15-27)17-20(29)26-10-4-3-5-11-26/h6-9,19,28H,2-5,10-17H2,1H3,(H,23,24). The van der Waals surface area contributed by atoms with Crippen LogP contribution < -0.4 is 5.32 Å². The minimum absolute atomic E-state index is 0.263. The fraction of sp³-hybridized carbons (Fsp3) is 0.667. The first-order chi connectivity index (χ1) is 14.2. The summed E-state index contributed by atoms with van der Waals surface area (Å²) in [5.41, 5.74) is 0.820. The maximum absolute atomic E-state index is 12.5. The van der Waals surface area contributed by atoms with Gasteiger partial charge in [-0.3, -0.25) is 19.7 Å². The van der Waals surface area contributed by atoms with Crippen LogP contribution in [0.15, 0.2) is 29.5 Å². The second kappa shape index (κ2) is 11.1. The van der Waals surface area contributed by atoms with Crippen molar-refractivity contribution in [3.05, 3.63) is 30.1 Å². The average Bonchev–Trinajstić information content (AvgIpc) is 2.78. The third-order valence-electron chi connectivity index (χ3n) is 5.58. The highest BCUT2D eigenvalue weighted by Crippen LogP contribution is 2.13. The number of pyridine rings is 1. The molecule has 1 unspecified atom stereocenters. The number of rotatable bonds is 6. The first-order valence-electron chi connectivity index (χ1n) is 10.8. The SMILES string of the molecule is CCNC(=NCC(O)c1ccncc1)N1CCN(CC(=O)N2CCCCC2)CC1. The van der Waals surface area contributed by atoms with Crippen LogP contribution >= 0.6 is 0 Å². The number of carbonyl (C=O) groups excluding carboxylic acids is 1. The van der Waals surface area contributed by atoms with Crippen molar-refractivity contribution in [2.75, 3.05) is 58.9 Å². The molecule has 2 saturated heterocycles. The number of aromatic nitrogens is 1. The van der Waals surface area contributed by atoms with E-state index in [0.29, 0.717) is 13.1 Å². The number of nitrogens with one attached hydrogen (secondary N) is 1. The zero-order valence-corrected chi connectivity index (χ0v) is 17.5. The number of hydrogen-bond acceptors (Lipinski definition) is 5. The molecule has 1 aromatic rings. The Kier molecular flexibility index (Phi) is 8.25. The number of hydrogen-bond donors (Lipinski definition) is 2. The molecule has 0 bridgehead atoms. The molecular formula is C21H34N6O2. The molecule has 2 N–H and O–H groups in total. The summed E-state index contributed by atoms with van der Waals surface area (Å²) < 4.78 is 0. The van der Waals surface area contributed by atoms with E-state index in [9.17, 15) is 9.90 Å². The second-order valence-electron chi connectivity index (χ2n) is 7.70. The van der Waals surface area contributed by atoms with Crippen molar-refractivity contribution in [2.24, 2.45) is 4.99 Å². The van der Waals surface area contributed by atoms with Crippen molar-refractivity contribution in [1.82, 2.24) is 25.0 Å². The van der Waals surface area contributed by atoms with Crippen LogP contribution in [0.25, 0.3) is 0 Å². The van der Waals surface area contributed by atoms with Crippen LogP contribution in [0, 0.1) is 0 Å². The van der Waals surface area contributed by atoms with Crippen LogP contribution in [0.1, 0.15) is 37.9 Å². The van der Waals surface area contributed by atoms with Gasteiger partial charge in [0.05, 0.1) is 19.2 Å². The summed E-state index contributed by atoms with van der Waals surface area (Å²) in [6.45, 7) is 8.80. The van der Waals surface area contributed by atoms with Gasteiger partial charge in [0, 0.05) is 58.2 Å². The summed E-state index contributed by atoms with van der Waals surface area (Å²) in [5, 5.41) is 13.7. The number of aliphatic imine (C=N–C) groups is 1. The predicted octanol–water partition coefficient (Wildman–Crippen LogP) is 0.711. The van der Waals surface area contributed by atoms with Crippen LogP contribution in [0.2, 0.25) is 0 Å². The highest BCUT2D eigenvalue weighted by Gasteiger charge is 2.24. The van der Waals surface area contributed by atoms with Gasteiger partial charge in [0.1, 0.15) is 0 Å². The van der Waals surface area contributed by atoms with Crippen LogP contribution in [0.4, 0.5) is 0 Å². The summed E-state index contributed by atoms with van der Waals surface area (Å²) in [6, 6.07) is 3.62. The van der Waals surface area contributed by atoms with Crippen molar-refractivity contribution in [2.45, 2.75) is 32.3 Å². The summed E-state index contributed by atoms with van der Waals surface area (Å²) in [5.74, 6) is 1.09. The third kappa shape index (κ3) is 6.40. The summed E-state index contributed by atoms with van der Waals surface area (Å²) >= 11 is 0. The molecule has 1 amide bonds. The minimum Gasteiger partial charge on any atom is -0.386 e. The molecule has 0 aromatic carbocycles. The zero-order valence-electron chi connectivity index (χ0n) is 17.5. The fourth-order valence-corrected chi connectivity index (χ4v) is 3.84. The maximum Gasteiger partial charge on any atom is 0.236 e. The van der Waals surface area contributed by atoms with Crippen molar-refractivity contribution >= 4 is 11.9 Å². The summed E-state index contributed by atoms with van der Waals surface area (Å²) in [7, 11) is 0. The second-order valence-corrected chi connectivity index (χ2v) is 7.70. The van der Waals surface area contributed by atoms with Gasteiger partial charge in [0.15, 0.2) is 5.96 Å². The molecule has 8 nitrogen and oxygen atoms in total. The molecule has 0 saturated carbocycles. The topological polar surface area (TPSA) is 84.3 Å². The van der Waals surface area contributed by atoms with Gasteiger partial charge in [0.2, 0.25) is 5.91 Å². The van der Waals surface area contributed by atoms with Gasteiger partial charge in [-0.25, -0.2) is 0 Å². The van der Waals surface area contributed by atoms with E-state index in [1.165, 1.54) is 6.42 Å². The molecule has 3 heterocycles. The number of guanidine groups is 1. The number of aliphatic hydroxyl groups is 1. The molecular weight excluding hydrogens is 368 g/mol. The fourth-order valence-electron chi connectivity index (χ4n) is 3.84. The quantitative estimate of drug-likeness (QED) is 0.539. The molecule has 1 atom stereocenters. The molecule has 8 heteroatoms. The van der Waals surface area contributed by atoms with E-state index in [-0.39, 0.29) is 5.91 Å². The summed E-state index contributed by atoms with van der Waals surface area (Å²) in [4.78, 5) is 27.6. The molecule has 2 aliphatic heterocycles. The Morgan fingerprint density at radius 2 is 1.79 bits per heavy atom. The normalized spacial score (nSPS) is 19.9. The Morgan fingerprint density at radius 3 is 2.45 bits per heavy atom. The van der Waals surface area contributed by atoms with Crippen molar-refractivity contribution in [3.8, 4) is 0 Å². The Bertz CT molecular complexity index is 654. The van der Waals surface area contributed by atoms with Gasteiger partial charge in [-0.05, 0) is 43.9 Å². The van der Waals surface area contributed by atoms with Crippen molar-refractivity contribution in [1.29, 1.82) is 0 Å². The number of nitrogens with zero attached hydrogens (tertiary/aromatic N) is 5. The highest BCUT2D eigenvalue weighted by atomic mass is 16.3. The van der Waals surface area contributed by atoms with Crippen LogP contribution in [-0.4, -0.2) is 95.6 Å². The number of aliphatic hydroxyl groups excluding tert-OH is 1. The number of piperidine rings is 1. The maximum atomic E-state index is 12.5. The number of piperazine rings is 1. The molecule has 3 rings (SSSR count). The highest BCUT2D eigenvalue weighted by molar-refractivity contribution is 5.80. The lowest BCUT2D eigenvalue weighted by Gasteiger charge is -2.37. The van der Waals surface area contributed by atoms with Gasteiger partial charge in [-0.2, -0.15) is 0 Å². The largest absolute Gasteiger partial charge is 0.386 e. The molecule has 0 aliphatic carbocycles. The molecule has 2 fully saturated rings. The van der Waals surface area contributed by atoms with Crippen LogP contribution in [0.5, 0.6) is 0 Å². The molecule has 2 aliphatic rings. The monoisotopic (exact) mass is 402 g/mol. The van der Waals surface area contributed by atoms with Gasteiger partial charge < -0.3 is 20.2 Å². The Hall–Kier alpha value is -2.19. The molecule has 0 radical (unpaired) electrons. The number of amides is 1. The van der Waals surface area contributed by atoms with Gasteiger partial charge in [0.25, 0.3) is 0 Å². The van der Waals surface area contributed by atoms with Gasteiger partial charge >= 0.3 is 0 Å². The lowest BCUT2D eigenvalue weighted by atomic mass is 10.1. The Balaban J connectivity index is 1.49. The van der Waals surface area contributed by atoms with E-state index in [4.69, 9.17) is 0 Å². The number of carbonyl (C=O) groups is 1. The summed E-state index contributed by atoms with van der Waals surface area (Å²) in [6.07, 6.45) is 6.22. The lowest BCUT2D eigenvalue weighted by Crippen LogP contribution is -2.54. The van der Waals surface area contributed by atoms with Crippen LogP contribution in [0.3, 0.4) is 0 Å². The van der Waals surface area contributed by atoms with Crippen LogP contribution in [-0.2, 0) is 4.79 Å². The van der Waals surface area contributed by atoms with Gasteiger partial charge in [-0.15, -0.1) is 0 Å². The van der Waals surface area contributed by atoms with E-state index in [1.54, 1.807) is 12.4 Å². The lowest BCUT2D eigenvalue weighted by molar-refractivity contribution is -0.133. The van der Waals surface area contributed by atoms with Gasteiger partial charge in [-0.1, -0.05) is 0 Å². The van der Waals surface area contributed by atoms with Crippen molar-refractivity contribution < 1.29 is 9.90 Å². The molecule has 29 heavy (non-hydrogen) atoms. The first-order valence-corrected chi connectivity index (χ1v) is 10.8. The van der Waals surface area contributed by atoms with E-state index in [1.807, 2.05) is 24.0 Å². The van der Waals surface area contributed by atoms with E-state index < -0.39 is 6.10 Å². The zero-order chi connectivity index (χ0) is 20.5. The van der Waals surface area contributed by atoms with E-state index in [0.717, 1.165) is 70.2 Å². The smallest absolute Gasteiger partial charge is 0.236 e. The molecule has 160 valence electrons. The molecule has 1 aromatic heterocycles. The van der Waals surface area contributed by atoms with Crippen molar-refractivity contribution in [3.63, 3.8) is 0 Å². The number of likely N-dealkylation sites (tertiary alicyclic amines) is 1. The minimum atomic E-state index is -0.643.